The van der Waals surface area contributed by atoms with Crippen molar-refractivity contribution >= 4 is 17.5 Å². The predicted molar refractivity (Wildman–Crippen MR) is 67.8 cm³/mol. The van der Waals surface area contributed by atoms with Crippen LogP contribution in [-0.2, 0) is 4.79 Å². The van der Waals surface area contributed by atoms with Gasteiger partial charge in [0.15, 0.2) is 0 Å². The second-order valence-electron chi connectivity index (χ2n) is 4.14. The molecule has 16 heavy (non-hydrogen) atoms. The number of piperidine rings is 1. The van der Waals surface area contributed by atoms with E-state index in [0.717, 1.165) is 25.9 Å². The zero-order chi connectivity index (χ0) is 11.8. The zero-order valence-electron chi connectivity index (χ0n) is 9.92. The van der Waals surface area contributed by atoms with E-state index >= 15 is 0 Å². The van der Waals surface area contributed by atoms with Gasteiger partial charge < -0.3 is 10.2 Å². The molecule has 1 N–H and O–H groups in total. The van der Waals surface area contributed by atoms with Gasteiger partial charge in [-0.3, -0.25) is 4.79 Å². The summed E-state index contributed by atoms with van der Waals surface area (Å²) < 4.78 is 0. The summed E-state index contributed by atoms with van der Waals surface area (Å²) in [6.45, 7) is 4.46. The lowest BCUT2D eigenvalue weighted by Gasteiger charge is -2.29. The van der Waals surface area contributed by atoms with E-state index in [1.54, 1.807) is 0 Å². The van der Waals surface area contributed by atoms with Gasteiger partial charge >= 0.3 is 0 Å². The molecule has 0 saturated carbocycles. The van der Waals surface area contributed by atoms with E-state index in [1.807, 2.05) is 24.0 Å². The van der Waals surface area contributed by atoms with Crippen LogP contribution in [0, 0.1) is 0 Å². The van der Waals surface area contributed by atoms with Crippen molar-refractivity contribution in [2.24, 2.45) is 0 Å². The van der Waals surface area contributed by atoms with Crippen LogP contribution in [0.25, 0.3) is 0 Å². The summed E-state index contributed by atoms with van der Waals surface area (Å²) in [5.74, 6) is 0.745. The molecule has 4 heteroatoms. The van der Waals surface area contributed by atoms with Crippen LogP contribution < -0.4 is 5.32 Å². The first-order valence-electron chi connectivity index (χ1n) is 5.99. The van der Waals surface area contributed by atoms with E-state index < -0.39 is 0 Å². The van der Waals surface area contributed by atoms with Gasteiger partial charge in [0.05, 0.1) is 6.04 Å². The number of alkyl halides is 1. The molecule has 1 atom stereocenters. The maximum absolute atomic E-state index is 12.0. The van der Waals surface area contributed by atoms with Crippen molar-refractivity contribution in [3.05, 3.63) is 12.2 Å². The molecule has 1 aliphatic heterocycles. The molecule has 0 aromatic carbocycles. The Balaban J connectivity index is 2.26. The topological polar surface area (TPSA) is 32.3 Å². The maximum Gasteiger partial charge on any atom is 0.239 e. The Morgan fingerprint density at radius 3 is 2.69 bits per heavy atom. The molecule has 3 nitrogen and oxygen atoms in total. The van der Waals surface area contributed by atoms with Crippen molar-refractivity contribution < 1.29 is 4.79 Å². The zero-order valence-corrected chi connectivity index (χ0v) is 10.7. The molecule has 0 aliphatic carbocycles. The number of halogens is 1. The number of carbonyl (C=O) groups is 1. The Morgan fingerprint density at radius 1 is 1.38 bits per heavy atom. The SMILES string of the molecule is CC(NC/C=C/CCl)C(=O)N1CCCCC1. The number of hydrogen-bond donors (Lipinski definition) is 1. The van der Waals surface area contributed by atoms with E-state index in [1.165, 1.54) is 6.42 Å². The van der Waals surface area contributed by atoms with Gasteiger partial charge in [-0.05, 0) is 26.2 Å². The largest absolute Gasteiger partial charge is 0.341 e. The molecular weight excluding hydrogens is 224 g/mol. The van der Waals surface area contributed by atoms with E-state index in [0.29, 0.717) is 12.4 Å². The quantitative estimate of drug-likeness (QED) is 0.591. The number of nitrogens with one attached hydrogen (secondary N) is 1. The molecule has 1 saturated heterocycles. The molecule has 1 aliphatic rings. The lowest BCUT2D eigenvalue weighted by Crippen LogP contribution is -2.46. The van der Waals surface area contributed by atoms with Crippen LogP contribution in [-0.4, -0.2) is 42.4 Å². The molecule has 1 unspecified atom stereocenters. The minimum atomic E-state index is -0.0990. The number of rotatable bonds is 5. The van der Waals surface area contributed by atoms with Gasteiger partial charge in [0.25, 0.3) is 0 Å². The number of likely N-dealkylation sites (tertiary alicyclic amines) is 1. The average Bonchev–Trinajstić information content (AvgIpc) is 2.34. The summed E-state index contributed by atoms with van der Waals surface area (Å²) in [6, 6.07) is -0.0990. The molecule has 1 amide bonds. The van der Waals surface area contributed by atoms with Crippen molar-refractivity contribution in [3.63, 3.8) is 0 Å². The summed E-state index contributed by atoms with van der Waals surface area (Å²) >= 11 is 5.51. The minimum Gasteiger partial charge on any atom is -0.341 e. The molecule has 0 aromatic heterocycles. The Labute approximate surface area is 103 Å². The molecular formula is C12H21ClN2O. The molecule has 0 spiro atoms. The van der Waals surface area contributed by atoms with Crippen LogP contribution in [0.15, 0.2) is 12.2 Å². The van der Waals surface area contributed by atoms with Crippen LogP contribution in [0.2, 0.25) is 0 Å². The second-order valence-corrected chi connectivity index (χ2v) is 4.45. The van der Waals surface area contributed by atoms with Gasteiger partial charge in [-0.2, -0.15) is 0 Å². The highest BCUT2D eigenvalue weighted by molar-refractivity contribution is 6.18. The first kappa shape index (κ1) is 13.5. The molecule has 0 aromatic rings. The van der Waals surface area contributed by atoms with Crippen LogP contribution in [0.1, 0.15) is 26.2 Å². The monoisotopic (exact) mass is 244 g/mol. The molecule has 0 bridgehead atoms. The molecule has 92 valence electrons. The summed E-state index contributed by atoms with van der Waals surface area (Å²) in [5.41, 5.74) is 0. The lowest BCUT2D eigenvalue weighted by molar-refractivity contribution is -0.133. The molecule has 1 rings (SSSR count). The van der Waals surface area contributed by atoms with Gasteiger partial charge in [0.2, 0.25) is 5.91 Å². The first-order chi connectivity index (χ1) is 7.75. The Bertz CT molecular complexity index is 237. The fourth-order valence-corrected chi connectivity index (χ4v) is 1.99. The van der Waals surface area contributed by atoms with E-state index in [4.69, 9.17) is 11.6 Å². The highest BCUT2D eigenvalue weighted by Crippen LogP contribution is 2.09. The third-order valence-corrected chi connectivity index (χ3v) is 3.01. The Kier molecular flexibility index (Phi) is 6.50. The third-order valence-electron chi connectivity index (χ3n) is 2.84. The smallest absolute Gasteiger partial charge is 0.239 e. The Hall–Kier alpha value is -0.540. The number of hydrogen-bond acceptors (Lipinski definition) is 2. The van der Waals surface area contributed by atoms with Gasteiger partial charge in [-0.15, -0.1) is 11.6 Å². The second kappa shape index (κ2) is 7.69. The van der Waals surface area contributed by atoms with Gasteiger partial charge in [-0.1, -0.05) is 12.2 Å². The lowest BCUT2D eigenvalue weighted by atomic mass is 10.1. The average molecular weight is 245 g/mol. The number of nitrogens with zero attached hydrogens (tertiary/aromatic N) is 1. The van der Waals surface area contributed by atoms with E-state index in [9.17, 15) is 4.79 Å². The highest BCUT2D eigenvalue weighted by Gasteiger charge is 2.20. The number of carbonyl (C=O) groups excluding carboxylic acids is 1. The van der Waals surface area contributed by atoms with Crippen LogP contribution in [0.5, 0.6) is 0 Å². The molecule has 1 heterocycles. The minimum absolute atomic E-state index is 0.0990. The third kappa shape index (κ3) is 4.54. The summed E-state index contributed by atoms with van der Waals surface area (Å²) in [7, 11) is 0. The van der Waals surface area contributed by atoms with Crippen molar-refractivity contribution in [1.82, 2.24) is 10.2 Å². The predicted octanol–water partition coefficient (Wildman–Crippen LogP) is 1.77. The molecule has 1 fully saturated rings. The normalized spacial score (nSPS) is 19.0. The van der Waals surface area contributed by atoms with E-state index in [-0.39, 0.29) is 11.9 Å². The van der Waals surface area contributed by atoms with Crippen LogP contribution >= 0.6 is 11.6 Å². The van der Waals surface area contributed by atoms with E-state index in [2.05, 4.69) is 5.32 Å². The standard InChI is InChI=1S/C12H21ClN2O/c1-11(14-8-4-3-7-13)12(16)15-9-5-2-6-10-15/h3-4,11,14H,2,5-10H2,1H3/b4-3+. The number of amides is 1. The Morgan fingerprint density at radius 2 is 2.06 bits per heavy atom. The maximum atomic E-state index is 12.0. The van der Waals surface area contributed by atoms with Crippen LogP contribution in [0.4, 0.5) is 0 Å². The van der Waals surface area contributed by atoms with Gasteiger partial charge in [0, 0.05) is 25.5 Å². The van der Waals surface area contributed by atoms with Crippen molar-refractivity contribution in [2.45, 2.75) is 32.2 Å². The number of allylic oxidation sites excluding steroid dienone is 1. The van der Waals surface area contributed by atoms with Crippen molar-refractivity contribution in [2.75, 3.05) is 25.5 Å². The van der Waals surface area contributed by atoms with Gasteiger partial charge in [0.1, 0.15) is 0 Å². The van der Waals surface area contributed by atoms with Gasteiger partial charge in [-0.25, -0.2) is 0 Å². The summed E-state index contributed by atoms with van der Waals surface area (Å²) in [4.78, 5) is 13.9. The summed E-state index contributed by atoms with van der Waals surface area (Å²) in [5, 5.41) is 3.18. The highest BCUT2D eigenvalue weighted by atomic mass is 35.5. The molecule has 0 radical (unpaired) electrons. The fraction of sp³-hybridized carbons (Fsp3) is 0.750. The van der Waals surface area contributed by atoms with Crippen LogP contribution in [0.3, 0.4) is 0 Å². The first-order valence-corrected chi connectivity index (χ1v) is 6.52. The van der Waals surface area contributed by atoms with Crippen molar-refractivity contribution in [1.29, 1.82) is 0 Å². The van der Waals surface area contributed by atoms with Crippen molar-refractivity contribution in [3.8, 4) is 0 Å². The fourth-order valence-electron chi connectivity index (χ4n) is 1.87. The summed E-state index contributed by atoms with van der Waals surface area (Å²) in [6.07, 6.45) is 7.37.